The van der Waals surface area contributed by atoms with Crippen LogP contribution in [0.2, 0.25) is 0 Å². The van der Waals surface area contributed by atoms with Gasteiger partial charge in [-0.25, -0.2) is 4.79 Å². The van der Waals surface area contributed by atoms with E-state index >= 15 is 0 Å². The van der Waals surface area contributed by atoms with E-state index in [4.69, 9.17) is 4.74 Å². The van der Waals surface area contributed by atoms with Crippen molar-refractivity contribution >= 4 is 34.2 Å². The Balaban J connectivity index is 1.26. The molecule has 2 bridgehead atoms. The van der Waals surface area contributed by atoms with Crippen molar-refractivity contribution < 1.29 is 19.1 Å². The van der Waals surface area contributed by atoms with Gasteiger partial charge in [-0.1, -0.05) is 36.4 Å². The Hall–Kier alpha value is -3.47. The average Bonchev–Trinajstić information content (AvgIpc) is 3.47. The number of hydrogen-bond donors (Lipinski definition) is 0. The summed E-state index contributed by atoms with van der Waals surface area (Å²) in [5, 5.41) is 2.05. The molecule has 154 valence electrons. The van der Waals surface area contributed by atoms with Gasteiger partial charge < -0.3 is 4.74 Å². The third-order valence-electron chi connectivity index (χ3n) is 7.20. The fraction of sp³-hybridized carbons (Fsp3) is 0.269. The number of benzene rings is 3. The quantitative estimate of drug-likeness (QED) is 0.359. The smallest absolute Gasteiger partial charge is 0.343 e. The first kappa shape index (κ1) is 18.3. The molecule has 4 atom stereocenters. The molecular formula is C26H21NO4. The number of anilines is 1. The minimum absolute atomic E-state index is 0.109. The molecule has 1 saturated heterocycles. The van der Waals surface area contributed by atoms with Gasteiger partial charge in [-0.2, -0.15) is 0 Å². The fourth-order valence-electron chi connectivity index (χ4n) is 5.83. The minimum atomic E-state index is -0.517. The number of hydrogen-bond acceptors (Lipinski definition) is 4. The molecule has 0 radical (unpaired) electrons. The number of ether oxygens (including phenoxy) is 1. The van der Waals surface area contributed by atoms with Crippen LogP contribution in [0.5, 0.6) is 5.75 Å². The minimum Gasteiger partial charge on any atom is -0.423 e. The molecule has 2 amide bonds. The summed E-state index contributed by atoms with van der Waals surface area (Å²) in [5.74, 6) is 0.0171. The highest BCUT2D eigenvalue weighted by Crippen LogP contribution is 2.56. The lowest BCUT2D eigenvalue weighted by atomic mass is 9.81. The van der Waals surface area contributed by atoms with E-state index in [0.29, 0.717) is 28.8 Å². The van der Waals surface area contributed by atoms with E-state index in [9.17, 15) is 14.4 Å². The molecule has 1 aliphatic heterocycles. The van der Waals surface area contributed by atoms with Gasteiger partial charge in [0.15, 0.2) is 0 Å². The Morgan fingerprint density at radius 2 is 1.52 bits per heavy atom. The van der Waals surface area contributed by atoms with Crippen molar-refractivity contribution in [1.82, 2.24) is 0 Å². The molecule has 0 unspecified atom stereocenters. The van der Waals surface area contributed by atoms with Crippen LogP contribution < -0.4 is 9.64 Å². The third-order valence-corrected chi connectivity index (χ3v) is 7.20. The maximum atomic E-state index is 13.1. The Morgan fingerprint density at radius 3 is 2.26 bits per heavy atom. The van der Waals surface area contributed by atoms with E-state index in [1.54, 1.807) is 30.3 Å². The van der Waals surface area contributed by atoms with E-state index in [-0.39, 0.29) is 23.7 Å². The number of carbonyl (C=O) groups is 3. The van der Waals surface area contributed by atoms with Crippen LogP contribution in [0.3, 0.4) is 0 Å². The molecule has 0 aromatic heterocycles. The summed E-state index contributed by atoms with van der Waals surface area (Å²) < 4.78 is 5.57. The van der Waals surface area contributed by atoms with Crippen molar-refractivity contribution in [2.24, 2.45) is 23.7 Å². The zero-order chi connectivity index (χ0) is 21.1. The SMILES string of the molecule is O=C(Oc1ccc2ccccc2c1)c1cccc(N2C(=O)[C@H]3[C@H]4CC[C@@H](C4)[C@@H]3C2=O)c1. The summed E-state index contributed by atoms with van der Waals surface area (Å²) in [6.45, 7) is 0. The van der Waals surface area contributed by atoms with Crippen LogP contribution >= 0.6 is 0 Å². The van der Waals surface area contributed by atoms with Crippen LogP contribution in [0.15, 0.2) is 66.7 Å². The van der Waals surface area contributed by atoms with Gasteiger partial charge in [0, 0.05) is 0 Å². The maximum absolute atomic E-state index is 13.1. The predicted octanol–water partition coefficient (Wildman–Crippen LogP) is 4.59. The van der Waals surface area contributed by atoms with Crippen molar-refractivity contribution in [3.8, 4) is 5.75 Å². The molecule has 5 nitrogen and oxygen atoms in total. The molecule has 2 aliphatic carbocycles. The first-order valence-corrected chi connectivity index (χ1v) is 10.8. The molecule has 1 heterocycles. The second kappa shape index (κ2) is 6.77. The van der Waals surface area contributed by atoms with Crippen LogP contribution in [-0.2, 0) is 9.59 Å². The zero-order valence-corrected chi connectivity index (χ0v) is 16.9. The molecule has 2 saturated carbocycles. The van der Waals surface area contributed by atoms with E-state index in [1.807, 2.05) is 36.4 Å². The monoisotopic (exact) mass is 411 g/mol. The molecule has 3 aromatic carbocycles. The second-order valence-electron chi connectivity index (χ2n) is 8.85. The van der Waals surface area contributed by atoms with Crippen LogP contribution in [0.4, 0.5) is 5.69 Å². The number of esters is 1. The number of nitrogens with zero attached hydrogens (tertiary/aromatic N) is 1. The molecule has 5 heteroatoms. The fourth-order valence-corrected chi connectivity index (χ4v) is 5.83. The summed E-state index contributed by atoms with van der Waals surface area (Å²) in [6.07, 6.45) is 3.08. The van der Waals surface area contributed by atoms with Crippen molar-refractivity contribution in [2.45, 2.75) is 19.3 Å². The number of fused-ring (bicyclic) bond motifs is 6. The Kier molecular flexibility index (Phi) is 4.00. The molecule has 3 aromatic rings. The molecule has 3 fully saturated rings. The van der Waals surface area contributed by atoms with Gasteiger partial charge in [0.05, 0.1) is 23.1 Å². The molecule has 6 rings (SSSR count). The second-order valence-corrected chi connectivity index (χ2v) is 8.85. The standard InChI is InChI=1S/C26H21NO4/c28-24-22-17-8-9-18(12-17)23(22)25(29)27(24)20-7-3-6-19(13-20)26(30)31-21-11-10-15-4-1-2-5-16(15)14-21/h1-7,10-11,13-14,17-18,22-23H,8-9,12H2/t17-,18-,22-,23-/m0/s1. The Labute approximate surface area is 179 Å². The molecule has 0 spiro atoms. The summed E-state index contributed by atoms with van der Waals surface area (Å²) in [5.41, 5.74) is 0.767. The van der Waals surface area contributed by atoms with Gasteiger partial charge >= 0.3 is 5.97 Å². The first-order chi connectivity index (χ1) is 15.1. The van der Waals surface area contributed by atoms with Crippen molar-refractivity contribution in [3.63, 3.8) is 0 Å². The van der Waals surface area contributed by atoms with E-state index in [1.165, 1.54) is 4.90 Å². The summed E-state index contributed by atoms with van der Waals surface area (Å²) >= 11 is 0. The van der Waals surface area contributed by atoms with Crippen LogP contribution in [-0.4, -0.2) is 17.8 Å². The lowest BCUT2D eigenvalue weighted by Crippen LogP contribution is -2.32. The van der Waals surface area contributed by atoms with E-state index in [0.717, 1.165) is 30.0 Å². The van der Waals surface area contributed by atoms with Gasteiger partial charge in [0.2, 0.25) is 11.8 Å². The highest BCUT2D eigenvalue weighted by atomic mass is 16.5. The number of rotatable bonds is 3. The predicted molar refractivity (Wildman–Crippen MR) is 116 cm³/mol. The van der Waals surface area contributed by atoms with Crippen LogP contribution in [0.1, 0.15) is 29.6 Å². The Morgan fingerprint density at radius 1 is 0.806 bits per heavy atom. The van der Waals surface area contributed by atoms with Crippen molar-refractivity contribution in [2.75, 3.05) is 4.90 Å². The summed E-state index contributed by atoms with van der Waals surface area (Å²) in [4.78, 5) is 40.2. The van der Waals surface area contributed by atoms with Crippen molar-refractivity contribution in [1.29, 1.82) is 0 Å². The van der Waals surface area contributed by atoms with Gasteiger partial charge in [-0.3, -0.25) is 14.5 Å². The van der Waals surface area contributed by atoms with Crippen molar-refractivity contribution in [3.05, 3.63) is 72.3 Å². The zero-order valence-electron chi connectivity index (χ0n) is 16.9. The highest BCUT2D eigenvalue weighted by molar-refractivity contribution is 6.22. The van der Waals surface area contributed by atoms with Gasteiger partial charge in [-0.15, -0.1) is 0 Å². The average molecular weight is 411 g/mol. The topological polar surface area (TPSA) is 63.7 Å². The van der Waals surface area contributed by atoms with E-state index in [2.05, 4.69) is 0 Å². The summed E-state index contributed by atoms with van der Waals surface area (Å²) in [7, 11) is 0. The van der Waals surface area contributed by atoms with Crippen LogP contribution in [0.25, 0.3) is 10.8 Å². The lowest BCUT2D eigenvalue weighted by Gasteiger charge is -2.19. The molecule has 3 aliphatic rings. The third kappa shape index (κ3) is 2.80. The molecule has 0 N–H and O–H groups in total. The van der Waals surface area contributed by atoms with E-state index < -0.39 is 5.97 Å². The molecular weight excluding hydrogens is 390 g/mol. The summed E-state index contributed by atoms with van der Waals surface area (Å²) in [6, 6.07) is 20.0. The highest BCUT2D eigenvalue weighted by Gasteiger charge is 2.61. The molecule has 31 heavy (non-hydrogen) atoms. The number of imide groups is 1. The van der Waals surface area contributed by atoms with Gasteiger partial charge in [0.1, 0.15) is 5.75 Å². The number of carbonyl (C=O) groups excluding carboxylic acids is 3. The van der Waals surface area contributed by atoms with Crippen LogP contribution in [0, 0.1) is 23.7 Å². The van der Waals surface area contributed by atoms with Gasteiger partial charge in [0.25, 0.3) is 0 Å². The maximum Gasteiger partial charge on any atom is 0.343 e. The Bertz CT molecular complexity index is 1220. The normalized spacial score (nSPS) is 26.5. The van der Waals surface area contributed by atoms with Gasteiger partial charge in [-0.05, 0) is 72.2 Å². The number of amides is 2. The largest absolute Gasteiger partial charge is 0.423 e. The lowest BCUT2D eigenvalue weighted by molar-refractivity contribution is -0.123. The first-order valence-electron chi connectivity index (χ1n) is 10.8.